The van der Waals surface area contributed by atoms with Gasteiger partial charge in [0, 0.05) is 22.1 Å². The van der Waals surface area contributed by atoms with E-state index in [1.165, 1.54) is 41.6 Å². The zero-order valence-electron chi connectivity index (χ0n) is 12.4. The highest BCUT2D eigenvalue weighted by Gasteiger charge is 2.41. The van der Waals surface area contributed by atoms with Crippen molar-refractivity contribution in [2.75, 3.05) is 4.90 Å². The number of benzene rings is 1. The molecular weight excluding hydrogens is 356 g/mol. The molecule has 1 aliphatic heterocycles. The van der Waals surface area contributed by atoms with E-state index in [2.05, 4.69) is 59.7 Å². The van der Waals surface area contributed by atoms with Crippen molar-refractivity contribution >= 4 is 33.1 Å². The molecule has 1 aromatic carbocycles. The van der Waals surface area contributed by atoms with Crippen LogP contribution < -0.4 is 4.90 Å². The number of halogens is 1. The molecule has 0 saturated heterocycles. The summed E-state index contributed by atoms with van der Waals surface area (Å²) in [7, 11) is 0. The van der Waals surface area contributed by atoms with Crippen LogP contribution in [0.25, 0.3) is 5.65 Å². The molecule has 1 aliphatic carbocycles. The number of hydrogen-bond acceptors (Lipinski definition) is 5. The van der Waals surface area contributed by atoms with E-state index >= 15 is 0 Å². The molecule has 2 aliphatic rings. The van der Waals surface area contributed by atoms with E-state index in [-0.39, 0.29) is 0 Å². The fourth-order valence-corrected chi connectivity index (χ4v) is 4.44. The summed E-state index contributed by atoms with van der Waals surface area (Å²) in [5, 5.41) is 16.2. The minimum absolute atomic E-state index is 0.481. The summed E-state index contributed by atoms with van der Waals surface area (Å²) in [6, 6.07) is 11.0. The lowest BCUT2D eigenvalue weighted by Gasteiger charge is -2.32. The maximum atomic E-state index is 4.62. The summed E-state index contributed by atoms with van der Waals surface area (Å²) in [4.78, 5) is 2.38. The maximum absolute atomic E-state index is 4.62. The van der Waals surface area contributed by atoms with E-state index in [1.807, 2.05) is 12.1 Å². The molecule has 3 aromatic rings. The Balaban J connectivity index is 1.68. The van der Waals surface area contributed by atoms with Crippen LogP contribution in [0.2, 0.25) is 0 Å². The summed E-state index contributed by atoms with van der Waals surface area (Å²) in [6.45, 7) is 0. The van der Waals surface area contributed by atoms with Gasteiger partial charge in [-0.2, -0.15) is 0 Å². The third-order valence-corrected chi connectivity index (χ3v) is 5.51. The van der Waals surface area contributed by atoms with Crippen molar-refractivity contribution in [3.8, 4) is 0 Å². The second kappa shape index (κ2) is 4.99. The van der Waals surface area contributed by atoms with Crippen LogP contribution in [0, 0.1) is 0 Å². The van der Waals surface area contributed by atoms with E-state index in [0.717, 1.165) is 10.3 Å². The molecule has 5 rings (SSSR count). The summed E-state index contributed by atoms with van der Waals surface area (Å²) in [6.07, 6.45) is 5.03. The summed E-state index contributed by atoms with van der Waals surface area (Å²) < 4.78 is 2.65. The summed E-state index contributed by atoms with van der Waals surface area (Å²) in [5.74, 6) is 1.50. The third kappa shape index (κ3) is 1.99. The normalized spacial score (nSPS) is 23.1. The van der Waals surface area contributed by atoms with Gasteiger partial charge in [0.05, 0.1) is 0 Å². The first-order valence-electron chi connectivity index (χ1n) is 7.95. The Hall–Kier alpha value is -2.02. The molecule has 7 heteroatoms. The van der Waals surface area contributed by atoms with Gasteiger partial charge in [0.2, 0.25) is 0 Å². The van der Waals surface area contributed by atoms with Crippen molar-refractivity contribution in [3.63, 3.8) is 0 Å². The van der Waals surface area contributed by atoms with E-state index < -0.39 is 0 Å². The van der Waals surface area contributed by atoms with Crippen molar-refractivity contribution in [2.24, 2.45) is 0 Å². The molecule has 0 unspecified atom stereocenters. The Kier molecular flexibility index (Phi) is 2.91. The average Bonchev–Trinajstić information content (AvgIpc) is 3.16. The van der Waals surface area contributed by atoms with Gasteiger partial charge in [-0.1, -0.05) is 28.8 Å². The lowest BCUT2D eigenvalue weighted by molar-refractivity contribution is 0.400. The van der Waals surface area contributed by atoms with E-state index in [4.69, 9.17) is 0 Å². The number of fused-ring (bicyclic) bond motifs is 4. The maximum Gasteiger partial charge on any atom is 0.200 e. The number of nitrogens with zero attached hydrogens (tertiary/aromatic N) is 6. The molecule has 3 heterocycles. The lowest BCUT2D eigenvalue weighted by Crippen LogP contribution is -2.33. The standard InChI is InChI=1S/C16H15BrN6/c17-10-5-6-14-12(9-10)11-3-1-2-4-13(11)22(14)16-8-7-15-18-20-21-23(15)19-16/h5-9,11,13H,1-4H2/t11-,13-/m0/s1. The van der Waals surface area contributed by atoms with Crippen LogP contribution in [0.1, 0.15) is 37.2 Å². The SMILES string of the molecule is Brc1ccc2c(c1)[C@@H]1CCCC[C@@H]1N2c1ccc2nnnn2n1. The van der Waals surface area contributed by atoms with Gasteiger partial charge in [-0.3, -0.25) is 0 Å². The molecule has 0 amide bonds. The van der Waals surface area contributed by atoms with Crippen molar-refractivity contribution in [3.05, 3.63) is 40.4 Å². The molecule has 0 spiro atoms. The topological polar surface area (TPSA) is 59.2 Å². The van der Waals surface area contributed by atoms with Gasteiger partial charge in [0.1, 0.15) is 0 Å². The number of hydrogen-bond donors (Lipinski definition) is 0. The number of aromatic nitrogens is 5. The molecule has 2 aromatic heterocycles. The molecule has 0 radical (unpaired) electrons. The van der Waals surface area contributed by atoms with Crippen LogP contribution >= 0.6 is 15.9 Å². The number of tetrazole rings is 1. The first-order chi connectivity index (χ1) is 11.3. The van der Waals surface area contributed by atoms with Crippen molar-refractivity contribution in [2.45, 2.75) is 37.6 Å². The fraction of sp³-hybridized carbons (Fsp3) is 0.375. The Bertz CT molecular complexity index is 891. The van der Waals surface area contributed by atoms with Gasteiger partial charge in [-0.15, -0.1) is 14.8 Å². The molecule has 23 heavy (non-hydrogen) atoms. The number of rotatable bonds is 1. The molecule has 0 N–H and O–H groups in total. The van der Waals surface area contributed by atoms with Crippen LogP contribution in [-0.2, 0) is 0 Å². The highest BCUT2D eigenvalue weighted by molar-refractivity contribution is 9.10. The Labute approximate surface area is 141 Å². The van der Waals surface area contributed by atoms with Crippen molar-refractivity contribution < 1.29 is 0 Å². The average molecular weight is 371 g/mol. The van der Waals surface area contributed by atoms with Crippen molar-refractivity contribution in [1.29, 1.82) is 0 Å². The third-order valence-electron chi connectivity index (χ3n) is 5.01. The molecule has 0 bridgehead atoms. The second-order valence-electron chi connectivity index (χ2n) is 6.25. The second-order valence-corrected chi connectivity index (χ2v) is 7.17. The predicted molar refractivity (Wildman–Crippen MR) is 89.9 cm³/mol. The van der Waals surface area contributed by atoms with E-state index in [9.17, 15) is 0 Å². The van der Waals surface area contributed by atoms with Crippen LogP contribution in [0.3, 0.4) is 0 Å². The van der Waals surface area contributed by atoms with Crippen LogP contribution in [0.5, 0.6) is 0 Å². The highest BCUT2D eigenvalue weighted by atomic mass is 79.9. The van der Waals surface area contributed by atoms with E-state index in [0.29, 0.717) is 17.6 Å². The quantitative estimate of drug-likeness (QED) is 0.656. The predicted octanol–water partition coefficient (Wildman–Crippen LogP) is 3.46. The monoisotopic (exact) mass is 370 g/mol. The zero-order chi connectivity index (χ0) is 15.4. The first kappa shape index (κ1) is 13.4. The molecular formula is C16H15BrN6. The fourth-order valence-electron chi connectivity index (χ4n) is 4.07. The van der Waals surface area contributed by atoms with Gasteiger partial charge in [-0.25, -0.2) is 0 Å². The van der Waals surface area contributed by atoms with Crippen molar-refractivity contribution in [1.82, 2.24) is 25.3 Å². The molecule has 6 nitrogen and oxygen atoms in total. The van der Waals surface area contributed by atoms with Crippen LogP contribution in [-0.4, -0.2) is 31.3 Å². The molecule has 2 atom stereocenters. The number of anilines is 2. The summed E-state index contributed by atoms with van der Waals surface area (Å²) in [5.41, 5.74) is 3.37. The van der Waals surface area contributed by atoms with E-state index in [1.54, 1.807) is 0 Å². The largest absolute Gasteiger partial charge is 0.321 e. The Morgan fingerprint density at radius 1 is 1.09 bits per heavy atom. The Morgan fingerprint density at radius 2 is 2.00 bits per heavy atom. The molecule has 116 valence electrons. The van der Waals surface area contributed by atoms with Gasteiger partial charge in [0.25, 0.3) is 0 Å². The zero-order valence-corrected chi connectivity index (χ0v) is 14.0. The lowest BCUT2D eigenvalue weighted by atomic mass is 9.82. The minimum Gasteiger partial charge on any atom is -0.321 e. The highest BCUT2D eigenvalue weighted by Crippen LogP contribution is 2.50. The van der Waals surface area contributed by atoms with Gasteiger partial charge in [-0.05, 0) is 59.2 Å². The molecule has 1 saturated carbocycles. The smallest absolute Gasteiger partial charge is 0.200 e. The minimum atomic E-state index is 0.481. The van der Waals surface area contributed by atoms with Gasteiger partial charge < -0.3 is 4.90 Å². The van der Waals surface area contributed by atoms with Crippen LogP contribution in [0.4, 0.5) is 11.5 Å². The first-order valence-corrected chi connectivity index (χ1v) is 8.75. The van der Waals surface area contributed by atoms with Gasteiger partial charge in [0.15, 0.2) is 11.5 Å². The summed E-state index contributed by atoms with van der Waals surface area (Å²) >= 11 is 3.62. The van der Waals surface area contributed by atoms with Crippen LogP contribution in [0.15, 0.2) is 34.8 Å². The molecule has 1 fully saturated rings. The van der Waals surface area contributed by atoms with Gasteiger partial charge >= 0.3 is 0 Å². The Morgan fingerprint density at radius 3 is 2.96 bits per heavy atom.